The molecule has 122 valence electrons. The van der Waals surface area contributed by atoms with Gasteiger partial charge in [-0.3, -0.25) is 0 Å². The van der Waals surface area contributed by atoms with E-state index in [-0.39, 0.29) is 12.0 Å². The Bertz CT molecular complexity index is 629. The fourth-order valence-corrected chi connectivity index (χ4v) is 3.09. The maximum atomic E-state index is 14.3. The Kier molecular flexibility index (Phi) is 5.06. The van der Waals surface area contributed by atoms with E-state index in [2.05, 4.69) is 24.8 Å². The van der Waals surface area contributed by atoms with Gasteiger partial charge in [0.05, 0.1) is 6.61 Å². The number of epoxide rings is 1. The van der Waals surface area contributed by atoms with E-state index in [1.807, 2.05) is 12.2 Å². The van der Waals surface area contributed by atoms with Crippen molar-refractivity contribution in [2.24, 2.45) is 5.92 Å². The number of hydrogen-bond donors (Lipinski definition) is 0. The summed E-state index contributed by atoms with van der Waals surface area (Å²) < 4.78 is 33.5. The predicted molar refractivity (Wildman–Crippen MR) is 88.2 cm³/mol. The van der Waals surface area contributed by atoms with Crippen LogP contribution in [0.5, 0.6) is 0 Å². The average Bonchev–Trinajstić information content (AvgIpc) is 3.40. The number of allylic oxidation sites excluding steroid dienone is 5. The van der Waals surface area contributed by atoms with Crippen LogP contribution in [0, 0.1) is 17.6 Å². The fourth-order valence-electron chi connectivity index (χ4n) is 3.09. The highest BCUT2D eigenvalue weighted by atomic mass is 19.2. The Morgan fingerprint density at radius 2 is 1.83 bits per heavy atom. The van der Waals surface area contributed by atoms with E-state index in [0.717, 1.165) is 25.7 Å². The van der Waals surface area contributed by atoms with Gasteiger partial charge < -0.3 is 4.74 Å². The average molecular weight is 316 g/mol. The molecule has 0 radical (unpaired) electrons. The quantitative estimate of drug-likeness (QED) is 0.377. The van der Waals surface area contributed by atoms with E-state index >= 15 is 0 Å². The summed E-state index contributed by atoms with van der Waals surface area (Å²) in [5.41, 5.74) is 0.798. The van der Waals surface area contributed by atoms with Gasteiger partial charge in [0.15, 0.2) is 11.6 Å². The molecule has 1 aromatic carbocycles. The summed E-state index contributed by atoms with van der Waals surface area (Å²) in [5, 5.41) is 0. The molecule has 0 spiro atoms. The molecule has 0 bridgehead atoms. The molecule has 3 atom stereocenters. The summed E-state index contributed by atoms with van der Waals surface area (Å²) in [7, 11) is 0. The van der Waals surface area contributed by atoms with Crippen LogP contribution in [0.1, 0.15) is 48.8 Å². The van der Waals surface area contributed by atoms with Gasteiger partial charge in [-0.05, 0) is 37.2 Å². The van der Waals surface area contributed by atoms with Crippen LogP contribution in [-0.4, -0.2) is 6.61 Å². The van der Waals surface area contributed by atoms with Crippen LogP contribution in [0.4, 0.5) is 8.78 Å². The Morgan fingerprint density at radius 1 is 1.09 bits per heavy atom. The van der Waals surface area contributed by atoms with Gasteiger partial charge in [0.1, 0.15) is 6.10 Å². The first-order valence-electron chi connectivity index (χ1n) is 8.26. The second-order valence-corrected chi connectivity index (χ2v) is 6.22. The van der Waals surface area contributed by atoms with Crippen LogP contribution >= 0.6 is 0 Å². The lowest BCUT2D eigenvalue weighted by atomic mass is 9.83. The van der Waals surface area contributed by atoms with Crippen LogP contribution in [-0.2, 0) is 4.74 Å². The summed E-state index contributed by atoms with van der Waals surface area (Å²) >= 11 is 0. The van der Waals surface area contributed by atoms with E-state index in [9.17, 15) is 8.78 Å². The number of ether oxygens (including phenoxy) is 1. The second kappa shape index (κ2) is 7.22. The Hall–Kier alpha value is -1.74. The summed E-state index contributed by atoms with van der Waals surface area (Å²) in [6.07, 6.45) is 13.9. The minimum absolute atomic E-state index is 0.0449. The molecule has 2 aliphatic rings. The molecule has 1 aromatic rings. The number of benzene rings is 1. The third-order valence-electron chi connectivity index (χ3n) is 4.54. The molecular formula is C20H22F2O. The maximum Gasteiger partial charge on any atom is 0.165 e. The highest BCUT2D eigenvalue weighted by Crippen LogP contribution is 2.37. The van der Waals surface area contributed by atoms with Crippen LogP contribution in [0.2, 0.25) is 0 Å². The first kappa shape index (κ1) is 16.1. The molecule has 1 saturated heterocycles. The molecule has 0 N–H and O–H groups in total. The zero-order valence-electron chi connectivity index (χ0n) is 13.2. The molecule has 1 aliphatic heterocycles. The zero-order chi connectivity index (χ0) is 16.2. The maximum absolute atomic E-state index is 14.3. The van der Waals surface area contributed by atoms with Crippen molar-refractivity contribution in [1.29, 1.82) is 0 Å². The van der Waals surface area contributed by atoms with Crippen molar-refractivity contribution in [2.45, 2.75) is 37.7 Å². The molecule has 0 aromatic heterocycles. The number of halogens is 2. The van der Waals surface area contributed by atoms with Gasteiger partial charge in [-0.25, -0.2) is 8.78 Å². The zero-order valence-corrected chi connectivity index (χ0v) is 13.2. The van der Waals surface area contributed by atoms with Gasteiger partial charge in [-0.1, -0.05) is 42.5 Å². The lowest BCUT2D eigenvalue weighted by molar-refractivity contribution is 0.399. The molecule has 3 rings (SSSR count). The largest absolute Gasteiger partial charge is 0.368 e. The van der Waals surface area contributed by atoms with Crippen molar-refractivity contribution < 1.29 is 13.5 Å². The number of hydrogen-bond acceptors (Lipinski definition) is 1. The van der Waals surface area contributed by atoms with E-state index in [1.165, 1.54) is 0 Å². The van der Waals surface area contributed by atoms with Crippen molar-refractivity contribution in [3.8, 4) is 0 Å². The molecule has 3 unspecified atom stereocenters. The lowest BCUT2D eigenvalue weighted by Crippen LogP contribution is -2.09. The highest BCUT2D eigenvalue weighted by molar-refractivity contribution is 5.34. The third-order valence-corrected chi connectivity index (χ3v) is 4.54. The Labute approximate surface area is 136 Å². The van der Waals surface area contributed by atoms with Crippen LogP contribution in [0.15, 0.2) is 49.1 Å². The normalized spacial score (nSPS) is 26.6. The molecule has 1 heterocycles. The third kappa shape index (κ3) is 3.78. The molecule has 1 aliphatic carbocycles. The molecule has 0 amide bonds. The Morgan fingerprint density at radius 3 is 2.48 bits per heavy atom. The van der Waals surface area contributed by atoms with Crippen LogP contribution in [0.3, 0.4) is 0 Å². The smallest absolute Gasteiger partial charge is 0.165 e. The Balaban J connectivity index is 1.68. The highest BCUT2D eigenvalue weighted by Gasteiger charge is 2.31. The first-order chi connectivity index (χ1) is 11.2. The summed E-state index contributed by atoms with van der Waals surface area (Å²) in [6, 6.07) is 3.38. The fraction of sp³-hybridized carbons (Fsp3) is 0.400. The molecule has 1 fully saturated rings. The van der Waals surface area contributed by atoms with E-state index < -0.39 is 11.6 Å². The summed E-state index contributed by atoms with van der Waals surface area (Å²) in [6.45, 7) is 4.19. The SMILES string of the molecule is C=CCC/C=C/C1C=CC(c2ccc(C3CO3)c(F)c2F)CC1. The molecule has 1 nitrogen and oxygen atoms in total. The van der Waals surface area contributed by atoms with Crippen molar-refractivity contribution in [3.63, 3.8) is 0 Å². The van der Waals surface area contributed by atoms with Crippen LogP contribution < -0.4 is 0 Å². The van der Waals surface area contributed by atoms with Gasteiger partial charge >= 0.3 is 0 Å². The minimum atomic E-state index is -0.746. The predicted octanol–water partition coefficient (Wildman–Crippen LogP) is 5.61. The topological polar surface area (TPSA) is 12.5 Å². The van der Waals surface area contributed by atoms with Gasteiger partial charge in [0, 0.05) is 11.5 Å². The second-order valence-electron chi connectivity index (χ2n) is 6.22. The van der Waals surface area contributed by atoms with Gasteiger partial charge in [-0.2, -0.15) is 0 Å². The van der Waals surface area contributed by atoms with Crippen molar-refractivity contribution in [3.05, 3.63) is 71.9 Å². The van der Waals surface area contributed by atoms with E-state index in [4.69, 9.17) is 4.74 Å². The number of unbranched alkanes of at least 4 members (excludes halogenated alkanes) is 1. The van der Waals surface area contributed by atoms with E-state index in [0.29, 0.717) is 23.7 Å². The van der Waals surface area contributed by atoms with Gasteiger partial charge in [0.25, 0.3) is 0 Å². The molecule has 3 heteroatoms. The monoisotopic (exact) mass is 316 g/mol. The molecular weight excluding hydrogens is 294 g/mol. The van der Waals surface area contributed by atoms with Crippen molar-refractivity contribution in [1.82, 2.24) is 0 Å². The number of rotatable bonds is 6. The molecule has 0 saturated carbocycles. The van der Waals surface area contributed by atoms with Crippen LogP contribution in [0.25, 0.3) is 0 Å². The van der Waals surface area contributed by atoms with E-state index in [1.54, 1.807) is 12.1 Å². The first-order valence-corrected chi connectivity index (χ1v) is 8.26. The molecule has 23 heavy (non-hydrogen) atoms. The van der Waals surface area contributed by atoms with Gasteiger partial charge in [0.2, 0.25) is 0 Å². The van der Waals surface area contributed by atoms with Crippen molar-refractivity contribution in [2.75, 3.05) is 6.61 Å². The van der Waals surface area contributed by atoms with Gasteiger partial charge in [-0.15, -0.1) is 6.58 Å². The standard InChI is InChI=1S/C20H22F2O/c1-2-3-4-5-6-14-7-9-15(10-8-14)16-11-12-17(18-13-23-18)20(22)19(16)21/h2,5-7,9,11-12,14-15,18H,1,3-4,8,10,13H2/b6-5+. The van der Waals surface area contributed by atoms with Crippen molar-refractivity contribution >= 4 is 0 Å². The summed E-state index contributed by atoms with van der Waals surface area (Å²) in [4.78, 5) is 0. The minimum Gasteiger partial charge on any atom is -0.368 e. The summed E-state index contributed by atoms with van der Waals surface area (Å²) in [5.74, 6) is -1.11. The lowest BCUT2D eigenvalue weighted by Gasteiger charge is -2.22.